The second kappa shape index (κ2) is 6.11. The van der Waals surface area contributed by atoms with Crippen molar-refractivity contribution in [1.29, 1.82) is 0 Å². The van der Waals surface area contributed by atoms with Crippen molar-refractivity contribution in [2.45, 2.75) is 0 Å². The van der Waals surface area contributed by atoms with Gasteiger partial charge in [-0.25, -0.2) is 0 Å². The van der Waals surface area contributed by atoms with Crippen LogP contribution in [0.4, 0.5) is 0 Å². The van der Waals surface area contributed by atoms with Gasteiger partial charge in [-0.2, -0.15) is 0 Å². The minimum atomic E-state index is 0.770. The minimum Gasteiger partial charge on any atom is -0.127 e. The highest BCUT2D eigenvalue weighted by atomic mass is 79.9. The van der Waals surface area contributed by atoms with Gasteiger partial charge in [-0.3, -0.25) is 0 Å². The third-order valence-electron chi connectivity index (χ3n) is 2.72. The molecule has 1 aromatic carbocycles. The molecule has 0 aliphatic rings. The molecule has 0 saturated heterocycles. The second-order valence-electron chi connectivity index (χ2n) is 4.03. The zero-order valence-electron chi connectivity index (χ0n) is 9.79. The number of rotatable bonds is 2. The van der Waals surface area contributed by atoms with Crippen molar-refractivity contribution in [1.82, 2.24) is 0 Å². The molecule has 0 amide bonds. The first kappa shape index (κ1) is 15.1. The van der Waals surface area contributed by atoms with Gasteiger partial charge in [0.15, 0.2) is 0 Å². The number of hydrogen-bond donors (Lipinski definition) is 0. The van der Waals surface area contributed by atoms with Crippen molar-refractivity contribution in [2.75, 3.05) is 0 Å². The molecule has 0 aliphatic carbocycles. The normalized spacial score (nSPS) is 11.0. The molecule has 3 rings (SSSR count). The molecule has 0 nitrogen and oxygen atoms in total. The van der Waals surface area contributed by atoms with Crippen LogP contribution in [0.2, 0.25) is 10.0 Å². The molecule has 102 valence electrons. The summed E-state index contributed by atoms with van der Waals surface area (Å²) >= 11 is 22.6. The lowest BCUT2D eigenvalue weighted by Crippen LogP contribution is -1.76. The van der Waals surface area contributed by atoms with E-state index in [1.165, 1.54) is 0 Å². The fourth-order valence-electron chi connectivity index (χ4n) is 1.85. The summed E-state index contributed by atoms with van der Waals surface area (Å²) in [6.07, 6.45) is 0. The van der Waals surface area contributed by atoms with Gasteiger partial charge >= 0.3 is 0 Å². The first-order valence-electron chi connectivity index (χ1n) is 5.55. The van der Waals surface area contributed by atoms with Crippen LogP contribution in [0.3, 0.4) is 0 Å². The molecule has 3 aromatic rings. The maximum atomic E-state index is 6.22. The summed E-state index contributed by atoms with van der Waals surface area (Å²) in [4.78, 5) is 2.15. The van der Waals surface area contributed by atoms with Crippen molar-refractivity contribution in [3.05, 3.63) is 54.0 Å². The predicted molar refractivity (Wildman–Crippen MR) is 98.5 cm³/mol. The lowest BCUT2D eigenvalue weighted by atomic mass is 10.1. The summed E-state index contributed by atoms with van der Waals surface area (Å²) < 4.78 is 2.07. The Morgan fingerprint density at radius 3 is 1.30 bits per heavy atom. The van der Waals surface area contributed by atoms with Crippen LogP contribution >= 0.6 is 77.7 Å². The largest absolute Gasteiger partial charge is 0.127 e. The summed E-state index contributed by atoms with van der Waals surface area (Å²) in [6, 6.07) is 12.1. The van der Waals surface area contributed by atoms with Gasteiger partial charge in [0.1, 0.15) is 0 Å². The highest BCUT2D eigenvalue weighted by Gasteiger charge is 2.11. The molecular formula is C14H6Br2Cl2S2. The summed E-state index contributed by atoms with van der Waals surface area (Å²) in [7, 11) is 0. The van der Waals surface area contributed by atoms with Crippen molar-refractivity contribution in [2.24, 2.45) is 0 Å². The Labute approximate surface area is 151 Å². The molecular weight excluding hydrogens is 463 g/mol. The average molecular weight is 469 g/mol. The van der Waals surface area contributed by atoms with Crippen LogP contribution < -0.4 is 0 Å². The molecule has 0 saturated carbocycles. The van der Waals surface area contributed by atoms with Crippen molar-refractivity contribution < 1.29 is 0 Å². The molecule has 20 heavy (non-hydrogen) atoms. The maximum absolute atomic E-state index is 6.22. The van der Waals surface area contributed by atoms with Gasteiger partial charge in [0.05, 0.1) is 27.4 Å². The zero-order valence-corrected chi connectivity index (χ0v) is 16.1. The van der Waals surface area contributed by atoms with Crippen LogP contribution in [-0.4, -0.2) is 0 Å². The minimum absolute atomic E-state index is 0.770. The molecule has 6 heteroatoms. The van der Waals surface area contributed by atoms with Crippen molar-refractivity contribution in [3.8, 4) is 20.9 Å². The van der Waals surface area contributed by atoms with Gasteiger partial charge in [0.25, 0.3) is 0 Å². The Morgan fingerprint density at radius 1 is 0.700 bits per heavy atom. The number of hydrogen-bond acceptors (Lipinski definition) is 2. The van der Waals surface area contributed by atoms with Gasteiger partial charge < -0.3 is 0 Å². The molecule has 0 unspecified atom stereocenters. The first-order chi connectivity index (χ1) is 9.54. The van der Waals surface area contributed by atoms with E-state index in [2.05, 4.69) is 56.1 Å². The van der Waals surface area contributed by atoms with Crippen LogP contribution in [0.1, 0.15) is 0 Å². The van der Waals surface area contributed by atoms with E-state index in [0.29, 0.717) is 0 Å². The van der Waals surface area contributed by atoms with E-state index in [4.69, 9.17) is 23.2 Å². The Morgan fingerprint density at radius 2 is 1.05 bits per heavy atom. The third-order valence-corrected chi connectivity index (χ3v) is 6.92. The van der Waals surface area contributed by atoms with Crippen LogP contribution in [0.5, 0.6) is 0 Å². The Kier molecular flexibility index (Phi) is 4.60. The molecule has 0 fully saturated rings. The van der Waals surface area contributed by atoms with E-state index in [1.54, 1.807) is 22.7 Å². The predicted octanol–water partition coefficient (Wildman–Crippen LogP) is 7.98. The molecule has 2 aromatic heterocycles. The molecule has 0 spiro atoms. The Hall–Kier alpha value is 0.160. The van der Waals surface area contributed by atoms with Gasteiger partial charge in [-0.1, -0.05) is 47.5 Å². The van der Waals surface area contributed by atoms with E-state index in [9.17, 15) is 0 Å². The lowest BCUT2D eigenvalue weighted by Gasteiger charge is -2.02. The fourth-order valence-corrected chi connectivity index (χ4v) is 5.90. The topological polar surface area (TPSA) is 0 Å². The van der Waals surface area contributed by atoms with Crippen LogP contribution in [-0.2, 0) is 0 Å². The van der Waals surface area contributed by atoms with Crippen LogP contribution in [0.25, 0.3) is 20.9 Å². The van der Waals surface area contributed by atoms with E-state index >= 15 is 0 Å². The fraction of sp³-hybridized carbons (Fsp3) is 0. The quantitative estimate of drug-likeness (QED) is 0.357. The molecule has 0 aliphatic heterocycles. The summed E-state index contributed by atoms with van der Waals surface area (Å²) in [5.74, 6) is 0. The van der Waals surface area contributed by atoms with Gasteiger partial charge in [-0.05, 0) is 55.1 Å². The Balaban J connectivity index is 1.99. The van der Waals surface area contributed by atoms with E-state index in [0.717, 1.165) is 38.5 Å². The number of benzene rings is 1. The molecule has 2 heterocycles. The summed E-state index contributed by atoms with van der Waals surface area (Å²) in [6.45, 7) is 0. The Bertz CT molecular complexity index is 695. The van der Waals surface area contributed by atoms with Gasteiger partial charge in [0.2, 0.25) is 0 Å². The van der Waals surface area contributed by atoms with Gasteiger partial charge in [-0.15, -0.1) is 22.7 Å². The average Bonchev–Trinajstić information content (AvgIpc) is 2.92. The second-order valence-corrected chi connectivity index (χ2v) is 9.71. The lowest BCUT2D eigenvalue weighted by molar-refractivity contribution is 1.68. The highest BCUT2D eigenvalue weighted by molar-refractivity contribution is 9.11. The van der Waals surface area contributed by atoms with E-state index in [1.807, 2.05) is 12.1 Å². The van der Waals surface area contributed by atoms with Gasteiger partial charge in [0, 0.05) is 0 Å². The maximum Gasteiger partial charge on any atom is 0.0720 e. The standard InChI is InChI=1S/C14H6Br2Cl2S2/c15-11-5-9(17)13(19-11)7-1-2-8(4-3-7)14-10(18)6-12(16)20-14/h1-6H. The molecule has 0 atom stereocenters. The van der Waals surface area contributed by atoms with Crippen LogP contribution in [0, 0.1) is 0 Å². The monoisotopic (exact) mass is 466 g/mol. The zero-order chi connectivity index (χ0) is 14.3. The number of thiophene rings is 2. The first-order valence-corrected chi connectivity index (χ1v) is 9.52. The SMILES string of the molecule is Clc1cc(Br)sc1-c1ccc(-c2sc(Br)cc2Cl)cc1. The number of halogens is 4. The highest BCUT2D eigenvalue weighted by Crippen LogP contribution is 2.42. The molecule has 0 radical (unpaired) electrons. The van der Waals surface area contributed by atoms with Crippen molar-refractivity contribution in [3.63, 3.8) is 0 Å². The summed E-state index contributed by atoms with van der Waals surface area (Å²) in [5.41, 5.74) is 2.22. The van der Waals surface area contributed by atoms with E-state index in [-0.39, 0.29) is 0 Å². The molecule has 0 N–H and O–H groups in total. The smallest absolute Gasteiger partial charge is 0.0720 e. The summed E-state index contributed by atoms with van der Waals surface area (Å²) in [5, 5.41) is 1.54. The molecule has 0 bridgehead atoms. The van der Waals surface area contributed by atoms with E-state index < -0.39 is 0 Å². The third kappa shape index (κ3) is 3.01. The van der Waals surface area contributed by atoms with Crippen LogP contribution in [0.15, 0.2) is 44.0 Å². The van der Waals surface area contributed by atoms with Crippen molar-refractivity contribution >= 4 is 77.7 Å².